The zero-order valence-electron chi connectivity index (χ0n) is 9.17. The summed E-state index contributed by atoms with van der Waals surface area (Å²) >= 11 is 1.51. The fraction of sp³-hybridized carbons (Fsp3) is 0.167. The SMILES string of the molecule is N[C@H](C(=O)NCc1cncs1)c1ccccc1. The van der Waals surface area contributed by atoms with Gasteiger partial charge < -0.3 is 11.1 Å². The molecule has 0 saturated carbocycles. The summed E-state index contributed by atoms with van der Waals surface area (Å²) < 4.78 is 0. The number of hydrogen-bond acceptors (Lipinski definition) is 4. The van der Waals surface area contributed by atoms with E-state index >= 15 is 0 Å². The number of benzene rings is 1. The fourth-order valence-electron chi connectivity index (χ4n) is 1.43. The van der Waals surface area contributed by atoms with E-state index in [1.807, 2.05) is 30.3 Å². The quantitative estimate of drug-likeness (QED) is 0.859. The first-order valence-electron chi connectivity index (χ1n) is 5.23. The molecular weight excluding hydrogens is 234 g/mol. The van der Waals surface area contributed by atoms with E-state index in [9.17, 15) is 4.79 Å². The lowest BCUT2D eigenvalue weighted by atomic mass is 10.1. The maximum atomic E-state index is 11.8. The van der Waals surface area contributed by atoms with Crippen molar-refractivity contribution in [3.05, 3.63) is 52.5 Å². The molecule has 0 saturated heterocycles. The largest absolute Gasteiger partial charge is 0.349 e. The van der Waals surface area contributed by atoms with Gasteiger partial charge in [0.15, 0.2) is 0 Å². The van der Waals surface area contributed by atoms with Crippen LogP contribution in [-0.4, -0.2) is 10.9 Å². The molecule has 0 fully saturated rings. The minimum Gasteiger partial charge on any atom is -0.349 e. The number of thiazole rings is 1. The molecule has 1 aromatic carbocycles. The second-order valence-corrected chi connectivity index (χ2v) is 4.54. The molecule has 0 radical (unpaired) electrons. The Morgan fingerprint density at radius 1 is 1.41 bits per heavy atom. The summed E-state index contributed by atoms with van der Waals surface area (Å²) in [5.74, 6) is -0.176. The third-order valence-corrected chi connectivity index (χ3v) is 3.14. The Labute approximate surface area is 103 Å². The molecule has 2 rings (SSSR count). The number of nitrogens with one attached hydrogen (secondary N) is 1. The van der Waals surface area contributed by atoms with Crippen LogP contribution < -0.4 is 11.1 Å². The Balaban J connectivity index is 1.92. The number of carbonyl (C=O) groups excluding carboxylic acids is 1. The number of hydrogen-bond donors (Lipinski definition) is 2. The van der Waals surface area contributed by atoms with Gasteiger partial charge in [0, 0.05) is 11.1 Å². The molecule has 0 spiro atoms. The lowest BCUT2D eigenvalue weighted by Crippen LogP contribution is -2.33. The van der Waals surface area contributed by atoms with Crippen molar-refractivity contribution in [3.63, 3.8) is 0 Å². The molecule has 1 aromatic heterocycles. The van der Waals surface area contributed by atoms with Crippen LogP contribution in [0, 0.1) is 0 Å². The zero-order chi connectivity index (χ0) is 12.1. The van der Waals surface area contributed by atoms with Crippen LogP contribution in [-0.2, 0) is 11.3 Å². The normalized spacial score (nSPS) is 12.1. The van der Waals surface area contributed by atoms with E-state index in [2.05, 4.69) is 10.3 Å². The molecule has 0 aliphatic carbocycles. The van der Waals surface area contributed by atoms with Gasteiger partial charge in [0.2, 0.25) is 5.91 Å². The summed E-state index contributed by atoms with van der Waals surface area (Å²) in [5, 5.41) is 2.79. The maximum absolute atomic E-state index is 11.8. The molecule has 2 aromatic rings. The highest BCUT2D eigenvalue weighted by Gasteiger charge is 2.14. The van der Waals surface area contributed by atoms with Crippen molar-refractivity contribution in [1.82, 2.24) is 10.3 Å². The predicted octanol–water partition coefficient (Wildman–Crippen LogP) is 1.46. The number of aromatic nitrogens is 1. The van der Waals surface area contributed by atoms with Crippen LogP contribution in [0.15, 0.2) is 42.0 Å². The number of carbonyl (C=O) groups is 1. The van der Waals surface area contributed by atoms with Crippen LogP contribution in [0.4, 0.5) is 0 Å². The average Bonchev–Trinajstić information content (AvgIpc) is 2.89. The molecule has 5 heteroatoms. The lowest BCUT2D eigenvalue weighted by Gasteiger charge is -2.11. The van der Waals surface area contributed by atoms with Crippen molar-refractivity contribution >= 4 is 17.2 Å². The van der Waals surface area contributed by atoms with Crippen LogP contribution in [0.3, 0.4) is 0 Å². The topological polar surface area (TPSA) is 68.0 Å². The molecular formula is C12H13N3OS. The molecule has 88 valence electrons. The van der Waals surface area contributed by atoms with Crippen LogP contribution in [0.2, 0.25) is 0 Å². The van der Waals surface area contributed by atoms with Crippen molar-refractivity contribution in [3.8, 4) is 0 Å². The van der Waals surface area contributed by atoms with E-state index < -0.39 is 6.04 Å². The number of amides is 1. The van der Waals surface area contributed by atoms with Gasteiger partial charge in [-0.2, -0.15) is 0 Å². The van der Waals surface area contributed by atoms with Gasteiger partial charge in [-0.25, -0.2) is 0 Å². The molecule has 1 heterocycles. The monoisotopic (exact) mass is 247 g/mol. The molecule has 0 aliphatic heterocycles. The highest BCUT2D eigenvalue weighted by atomic mass is 32.1. The summed E-state index contributed by atoms with van der Waals surface area (Å²) in [4.78, 5) is 16.7. The van der Waals surface area contributed by atoms with Gasteiger partial charge in [0.25, 0.3) is 0 Å². The lowest BCUT2D eigenvalue weighted by molar-refractivity contribution is -0.122. The molecule has 0 bridgehead atoms. The second kappa shape index (κ2) is 5.56. The second-order valence-electron chi connectivity index (χ2n) is 3.57. The zero-order valence-corrected chi connectivity index (χ0v) is 9.98. The standard InChI is InChI=1S/C12H13N3OS/c13-11(9-4-2-1-3-5-9)12(16)15-7-10-6-14-8-17-10/h1-6,8,11H,7,13H2,(H,15,16)/t11-/m0/s1. The van der Waals surface area contributed by atoms with Crippen LogP contribution in [0.1, 0.15) is 16.5 Å². The van der Waals surface area contributed by atoms with E-state index in [0.29, 0.717) is 6.54 Å². The van der Waals surface area contributed by atoms with Crippen molar-refractivity contribution in [1.29, 1.82) is 0 Å². The van der Waals surface area contributed by atoms with Crippen LogP contribution >= 0.6 is 11.3 Å². The highest BCUT2D eigenvalue weighted by Crippen LogP contribution is 2.10. The van der Waals surface area contributed by atoms with Gasteiger partial charge in [-0.3, -0.25) is 9.78 Å². The van der Waals surface area contributed by atoms with Crippen LogP contribution in [0.5, 0.6) is 0 Å². The van der Waals surface area contributed by atoms with Crippen molar-refractivity contribution in [2.75, 3.05) is 0 Å². The first kappa shape index (κ1) is 11.8. The Morgan fingerprint density at radius 2 is 2.18 bits per heavy atom. The highest BCUT2D eigenvalue weighted by molar-refractivity contribution is 7.09. The molecule has 0 unspecified atom stereocenters. The smallest absolute Gasteiger partial charge is 0.241 e. The first-order valence-corrected chi connectivity index (χ1v) is 6.11. The number of nitrogens with two attached hydrogens (primary N) is 1. The molecule has 1 amide bonds. The summed E-state index contributed by atoms with van der Waals surface area (Å²) in [7, 11) is 0. The molecule has 17 heavy (non-hydrogen) atoms. The fourth-order valence-corrected chi connectivity index (χ4v) is 1.96. The van der Waals surface area contributed by atoms with Gasteiger partial charge in [-0.15, -0.1) is 11.3 Å². The summed E-state index contributed by atoms with van der Waals surface area (Å²) in [6, 6.07) is 8.69. The first-order chi connectivity index (χ1) is 8.27. The average molecular weight is 247 g/mol. The van der Waals surface area contributed by atoms with Gasteiger partial charge in [-0.1, -0.05) is 30.3 Å². The molecule has 4 nitrogen and oxygen atoms in total. The van der Waals surface area contributed by atoms with E-state index in [1.54, 1.807) is 11.7 Å². The minimum atomic E-state index is -0.621. The maximum Gasteiger partial charge on any atom is 0.241 e. The summed E-state index contributed by atoms with van der Waals surface area (Å²) in [5.41, 5.74) is 8.40. The number of nitrogens with zero attached hydrogens (tertiary/aromatic N) is 1. The van der Waals surface area contributed by atoms with E-state index in [0.717, 1.165) is 10.4 Å². The van der Waals surface area contributed by atoms with Gasteiger partial charge >= 0.3 is 0 Å². The summed E-state index contributed by atoms with van der Waals surface area (Å²) in [6.07, 6.45) is 1.74. The van der Waals surface area contributed by atoms with Crippen molar-refractivity contribution in [2.45, 2.75) is 12.6 Å². The number of rotatable bonds is 4. The minimum absolute atomic E-state index is 0.176. The molecule has 3 N–H and O–H groups in total. The van der Waals surface area contributed by atoms with Crippen molar-refractivity contribution in [2.24, 2.45) is 5.73 Å². The Morgan fingerprint density at radius 3 is 2.82 bits per heavy atom. The Kier molecular flexibility index (Phi) is 3.85. The molecule has 0 aliphatic rings. The Hall–Kier alpha value is -1.72. The third kappa shape index (κ3) is 3.12. The third-order valence-electron chi connectivity index (χ3n) is 2.36. The molecule has 1 atom stereocenters. The van der Waals surface area contributed by atoms with E-state index in [1.165, 1.54) is 11.3 Å². The van der Waals surface area contributed by atoms with Crippen molar-refractivity contribution < 1.29 is 4.79 Å². The summed E-state index contributed by atoms with van der Waals surface area (Å²) in [6.45, 7) is 0.476. The predicted molar refractivity (Wildman–Crippen MR) is 67.3 cm³/mol. The van der Waals surface area contributed by atoms with Gasteiger partial charge in [0.1, 0.15) is 6.04 Å². The van der Waals surface area contributed by atoms with E-state index in [-0.39, 0.29) is 5.91 Å². The van der Waals surface area contributed by atoms with E-state index in [4.69, 9.17) is 5.73 Å². The van der Waals surface area contributed by atoms with Gasteiger partial charge in [0.05, 0.1) is 12.1 Å². The van der Waals surface area contributed by atoms with Crippen LogP contribution in [0.25, 0.3) is 0 Å². The van der Waals surface area contributed by atoms with Gasteiger partial charge in [-0.05, 0) is 5.56 Å². The Bertz CT molecular complexity index is 470.